The van der Waals surface area contributed by atoms with Crippen LogP contribution in [0.25, 0.3) is 16.9 Å². The number of aromatic amines is 1. The molecule has 0 atom stereocenters. The first kappa shape index (κ1) is 15.7. The summed E-state index contributed by atoms with van der Waals surface area (Å²) < 4.78 is 2.24. The molecule has 2 N–H and O–H groups in total. The van der Waals surface area contributed by atoms with Crippen LogP contribution in [0.3, 0.4) is 0 Å². The molecular formula is C15H16N6O3. The van der Waals surface area contributed by atoms with Gasteiger partial charge in [-0.05, 0) is 13.0 Å². The van der Waals surface area contributed by atoms with Crippen LogP contribution >= 0.6 is 0 Å². The predicted molar refractivity (Wildman–Crippen MR) is 87.7 cm³/mol. The molecule has 24 heavy (non-hydrogen) atoms. The van der Waals surface area contributed by atoms with Crippen molar-refractivity contribution in [2.45, 2.75) is 20.8 Å². The molecule has 0 aromatic carbocycles. The molecule has 0 bridgehead atoms. The Morgan fingerprint density at radius 2 is 1.92 bits per heavy atom. The summed E-state index contributed by atoms with van der Waals surface area (Å²) in [5.74, 6) is -0.447. The largest absolute Gasteiger partial charge is 0.287 e. The van der Waals surface area contributed by atoms with E-state index < -0.39 is 11.1 Å². The third kappa shape index (κ3) is 2.49. The smallest absolute Gasteiger partial charge is 0.283 e. The van der Waals surface area contributed by atoms with Crippen molar-refractivity contribution in [3.05, 3.63) is 50.9 Å². The second-order valence-corrected chi connectivity index (χ2v) is 5.62. The number of aryl methyl sites for hydroxylation is 1. The molecule has 3 heterocycles. The summed E-state index contributed by atoms with van der Waals surface area (Å²) >= 11 is 0. The maximum absolute atomic E-state index is 12.7. The van der Waals surface area contributed by atoms with E-state index in [0.717, 1.165) is 9.36 Å². The number of nitrogens with zero attached hydrogens (tertiary/aromatic N) is 4. The monoisotopic (exact) mass is 328 g/mol. The number of hydrogen-bond acceptors (Lipinski definition) is 5. The molecule has 9 heteroatoms. The molecule has 0 fully saturated rings. The highest BCUT2D eigenvalue weighted by Crippen LogP contribution is 2.11. The lowest BCUT2D eigenvalue weighted by Crippen LogP contribution is -2.36. The Hall–Kier alpha value is -3.23. The number of rotatable bonds is 3. The second kappa shape index (κ2) is 5.76. The van der Waals surface area contributed by atoms with Gasteiger partial charge in [-0.2, -0.15) is 4.68 Å². The van der Waals surface area contributed by atoms with E-state index in [0.29, 0.717) is 11.2 Å². The lowest BCUT2D eigenvalue weighted by atomic mass is 10.2. The maximum atomic E-state index is 12.7. The van der Waals surface area contributed by atoms with Crippen molar-refractivity contribution in [2.24, 2.45) is 5.92 Å². The minimum Gasteiger partial charge on any atom is -0.287 e. The van der Waals surface area contributed by atoms with E-state index in [2.05, 4.69) is 20.5 Å². The fraction of sp³-hybridized carbons (Fsp3) is 0.267. The summed E-state index contributed by atoms with van der Waals surface area (Å²) in [5.41, 5.74) is 2.36. The van der Waals surface area contributed by atoms with Crippen LogP contribution in [-0.2, 0) is 4.79 Å². The number of amides is 1. The molecular weight excluding hydrogens is 312 g/mol. The van der Waals surface area contributed by atoms with Crippen molar-refractivity contribution in [3.63, 3.8) is 0 Å². The van der Waals surface area contributed by atoms with E-state index in [1.807, 2.05) is 0 Å². The zero-order valence-electron chi connectivity index (χ0n) is 13.4. The molecule has 0 spiro atoms. The average Bonchev–Trinajstić information content (AvgIpc) is 2.88. The summed E-state index contributed by atoms with van der Waals surface area (Å²) in [7, 11) is 0. The van der Waals surface area contributed by atoms with Crippen LogP contribution in [0.1, 0.15) is 19.5 Å². The molecule has 0 unspecified atom stereocenters. The topological polar surface area (TPSA) is 115 Å². The Morgan fingerprint density at radius 1 is 1.25 bits per heavy atom. The number of H-pyrrole nitrogens is 1. The van der Waals surface area contributed by atoms with Gasteiger partial charge in [-0.1, -0.05) is 13.8 Å². The van der Waals surface area contributed by atoms with E-state index in [-0.39, 0.29) is 23.2 Å². The first-order valence-electron chi connectivity index (χ1n) is 7.36. The van der Waals surface area contributed by atoms with Gasteiger partial charge in [0.15, 0.2) is 0 Å². The van der Waals surface area contributed by atoms with E-state index in [1.54, 1.807) is 26.8 Å². The fourth-order valence-electron chi connectivity index (χ4n) is 2.30. The van der Waals surface area contributed by atoms with Crippen molar-refractivity contribution < 1.29 is 4.79 Å². The fourth-order valence-corrected chi connectivity index (χ4v) is 2.30. The van der Waals surface area contributed by atoms with Crippen LogP contribution in [0, 0.1) is 12.8 Å². The molecule has 3 rings (SSSR count). The molecule has 0 aliphatic rings. The summed E-state index contributed by atoms with van der Waals surface area (Å²) in [6.07, 6.45) is 3.02. The van der Waals surface area contributed by atoms with Crippen LogP contribution in [0.5, 0.6) is 0 Å². The SMILES string of the molecule is Cc1c2c(=O)n(-c3ncccn3)[nH]c2cc(=O)n1NC(=O)C(C)C. The average molecular weight is 328 g/mol. The van der Waals surface area contributed by atoms with Gasteiger partial charge < -0.3 is 0 Å². The van der Waals surface area contributed by atoms with Gasteiger partial charge in [-0.3, -0.25) is 24.9 Å². The van der Waals surface area contributed by atoms with Crippen LogP contribution < -0.4 is 16.5 Å². The first-order chi connectivity index (χ1) is 11.4. The normalized spacial score (nSPS) is 11.2. The molecule has 0 radical (unpaired) electrons. The van der Waals surface area contributed by atoms with Gasteiger partial charge in [0.05, 0.1) is 16.6 Å². The van der Waals surface area contributed by atoms with Gasteiger partial charge in [0, 0.05) is 24.4 Å². The van der Waals surface area contributed by atoms with Crippen LogP contribution in [0.15, 0.2) is 34.1 Å². The van der Waals surface area contributed by atoms with Crippen LogP contribution in [0.4, 0.5) is 0 Å². The first-order valence-corrected chi connectivity index (χ1v) is 7.36. The van der Waals surface area contributed by atoms with E-state index in [4.69, 9.17) is 0 Å². The number of pyridine rings is 1. The van der Waals surface area contributed by atoms with E-state index in [9.17, 15) is 14.4 Å². The summed E-state index contributed by atoms with van der Waals surface area (Å²) in [6, 6.07) is 2.89. The Balaban J connectivity index is 2.22. The molecule has 0 aliphatic heterocycles. The third-order valence-electron chi connectivity index (χ3n) is 3.60. The van der Waals surface area contributed by atoms with Crippen molar-refractivity contribution in [1.29, 1.82) is 0 Å². The van der Waals surface area contributed by atoms with Gasteiger partial charge in [-0.25, -0.2) is 14.6 Å². The molecule has 124 valence electrons. The molecule has 3 aromatic rings. The highest BCUT2D eigenvalue weighted by Gasteiger charge is 2.17. The Morgan fingerprint density at radius 3 is 2.54 bits per heavy atom. The van der Waals surface area contributed by atoms with E-state index >= 15 is 0 Å². The standard InChI is InChI=1S/C15H16N6O3/c1-8(2)13(23)19-20-9(3)12-10(7-11(20)22)18-21(14(12)24)15-16-5-4-6-17-15/h4-8,18H,1-3H3,(H,19,23). The number of fused-ring (bicyclic) bond motifs is 1. The number of carbonyl (C=O) groups excluding carboxylic acids is 1. The molecule has 3 aromatic heterocycles. The lowest BCUT2D eigenvalue weighted by Gasteiger charge is -2.13. The number of aromatic nitrogens is 5. The van der Waals surface area contributed by atoms with Gasteiger partial charge in [0.1, 0.15) is 0 Å². The van der Waals surface area contributed by atoms with Crippen molar-refractivity contribution in [1.82, 2.24) is 24.4 Å². The highest BCUT2D eigenvalue weighted by molar-refractivity contribution is 5.87. The van der Waals surface area contributed by atoms with E-state index in [1.165, 1.54) is 18.5 Å². The van der Waals surface area contributed by atoms with Crippen molar-refractivity contribution >= 4 is 16.8 Å². The quantitative estimate of drug-likeness (QED) is 0.718. The lowest BCUT2D eigenvalue weighted by molar-refractivity contribution is -0.119. The highest BCUT2D eigenvalue weighted by atomic mass is 16.2. The van der Waals surface area contributed by atoms with Gasteiger partial charge in [0.25, 0.3) is 17.1 Å². The number of hydrogen-bond donors (Lipinski definition) is 2. The zero-order chi connectivity index (χ0) is 17.4. The van der Waals surface area contributed by atoms with Crippen molar-refractivity contribution in [3.8, 4) is 5.95 Å². The second-order valence-electron chi connectivity index (χ2n) is 5.62. The van der Waals surface area contributed by atoms with Gasteiger partial charge >= 0.3 is 0 Å². The van der Waals surface area contributed by atoms with Crippen LogP contribution in [0.2, 0.25) is 0 Å². The molecule has 0 saturated carbocycles. The minimum absolute atomic E-state index is 0.170. The maximum Gasteiger partial charge on any atom is 0.283 e. The molecule has 0 saturated heterocycles. The Bertz CT molecular complexity index is 1030. The predicted octanol–water partition coefficient (Wildman–Crippen LogP) is 0.305. The number of carbonyl (C=O) groups is 1. The summed E-state index contributed by atoms with van der Waals surface area (Å²) in [6.45, 7) is 5.02. The van der Waals surface area contributed by atoms with Crippen LogP contribution in [-0.4, -0.2) is 30.3 Å². The van der Waals surface area contributed by atoms with Gasteiger partial charge in [-0.15, -0.1) is 0 Å². The van der Waals surface area contributed by atoms with Crippen molar-refractivity contribution in [2.75, 3.05) is 5.43 Å². The molecule has 1 amide bonds. The Kier molecular flexibility index (Phi) is 3.76. The van der Waals surface area contributed by atoms with Gasteiger partial charge in [0.2, 0.25) is 5.91 Å². The minimum atomic E-state index is -0.448. The number of nitrogens with one attached hydrogen (secondary N) is 2. The summed E-state index contributed by atoms with van der Waals surface area (Å²) in [4.78, 5) is 44.8. The zero-order valence-corrected chi connectivity index (χ0v) is 13.4. The summed E-state index contributed by atoms with van der Waals surface area (Å²) in [5, 5.41) is 3.10. The Labute approximate surface area is 135 Å². The molecule has 9 nitrogen and oxygen atoms in total. The molecule has 0 aliphatic carbocycles. The third-order valence-corrected chi connectivity index (χ3v) is 3.60.